The van der Waals surface area contributed by atoms with Crippen LogP contribution in [0.5, 0.6) is 0 Å². The standard InChI is InChI=1S/C14H18N2O2/c1-10(6-7-17)15-14-12(9-18)8-11-4-2-3-5-13(11)16-14/h2-5,8,10,17-18H,6-7,9H2,1H3,(H,15,16)/t10-/m1/s1. The summed E-state index contributed by atoms with van der Waals surface area (Å²) in [5, 5.41) is 22.5. The molecule has 4 nitrogen and oxygen atoms in total. The van der Waals surface area contributed by atoms with Crippen LogP contribution in [-0.2, 0) is 6.61 Å². The van der Waals surface area contributed by atoms with Crippen molar-refractivity contribution in [3.8, 4) is 0 Å². The number of pyridine rings is 1. The number of fused-ring (bicyclic) bond motifs is 1. The van der Waals surface area contributed by atoms with Crippen LogP contribution >= 0.6 is 0 Å². The Morgan fingerprint density at radius 2 is 2.06 bits per heavy atom. The first-order chi connectivity index (χ1) is 8.74. The predicted octanol–water partition coefficient (Wildman–Crippen LogP) is 1.91. The number of hydrogen-bond acceptors (Lipinski definition) is 4. The van der Waals surface area contributed by atoms with Gasteiger partial charge in [-0.3, -0.25) is 0 Å². The number of rotatable bonds is 5. The minimum absolute atomic E-state index is 0.0496. The molecule has 1 heterocycles. The van der Waals surface area contributed by atoms with Gasteiger partial charge in [0.2, 0.25) is 0 Å². The molecule has 1 atom stereocenters. The zero-order valence-corrected chi connectivity index (χ0v) is 10.4. The van der Waals surface area contributed by atoms with Gasteiger partial charge in [-0.1, -0.05) is 18.2 Å². The molecule has 0 spiro atoms. The van der Waals surface area contributed by atoms with Crippen LogP contribution in [0.2, 0.25) is 0 Å². The Kier molecular flexibility index (Phi) is 4.12. The molecule has 4 heteroatoms. The molecule has 3 N–H and O–H groups in total. The van der Waals surface area contributed by atoms with Gasteiger partial charge in [-0.15, -0.1) is 0 Å². The van der Waals surface area contributed by atoms with Crippen LogP contribution in [0, 0.1) is 0 Å². The van der Waals surface area contributed by atoms with Crippen molar-refractivity contribution in [2.45, 2.75) is 26.0 Å². The molecular formula is C14H18N2O2. The lowest BCUT2D eigenvalue weighted by molar-refractivity contribution is 0.279. The van der Waals surface area contributed by atoms with Crippen molar-refractivity contribution in [2.75, 3.05) is 11.9 Å². The van der Waals surface area contributed by atoms with E-state index in [-0.39, 0.29) is 19.3 Å². The van der Waals surface area contributed by atoms with Gasteiger partial charge in [0.15, 0.2) is 0 Å². The lowest BCUT2D eigenvalue weighted by Crippen LogP contribution is -2.18. The van der Waals surface area contributed by atoms with E-state index in [0.29, 0.717) is 12.2 Å². The zero-order chi connectivity index (χ0) is 13.0. The second-order valence-corrected chi connectivity index (χ2v) is 4.40. The highest BCUT2D eigenvalue weighted by atomic mass is 16.3. The van der Waals surface area contributed by atoms with Crippen LogP contribution in [-0.4, -0.2) is 27.8 Å². The highest BCUT2D eigenvalue weighted by molar-refractivity contribution is 5.81. The predicted molar refractivity (Wildman–Crippen MR) is 72.5 cm³/mol. The molecule has 0 aliphatic rings. The highest BCUT2D eigenvalue weighted by Gasteiger charge is 2.08. The molecule has 0 unspecified atom stereocenters. The van der Waals surface area contributed by atoms with Gasteiger partial charge in [0.05, 0.1) is 12.1 Å². The van der Waals surface area contributed by atoms with Gasteiger partial charge in [-0.25, -0.2) is 4.98 Å². The zero-order valence-electron chi connectivity index (χ0n) is 10.4. The summed E-state index contributed by atoms with van der Waals surface area (Å²) in [5.74, 6) is 0.692. The first-order valence-electron chi connectivity index (χ1n) is 6.11. The second-order valence-electron chi connectivity index (χ2n) is 4.40. The minimum atomic E-state index is -0.0496. The molecule has 96 valence electrons. The number of para-hydroxylation sites is 1. The molecule has 0 saturated heterocycles. The topological polar surface area (TPSA) is 65.4 Å². The molecule has 0 saturated carbocycles. The molecule has 0 bridgehead atoms. The molecule has 0 aliphatic carbocycles. The van der Waals surface area contributed by atoms with E-state index >= 15 is 0 Å². The Morgan fingerprint density at radius 3 is 2.78 bits per heavy atom. The van der Waals surface area contributed by atoms with Gasteiger partial charge in [0.1, 0.15) is 5.82 Å². The summed E-state index contributed by atoms with van der Waals surface area (Å²) in [7, 11) is 0. The van der Waals surface area contributed by atoms with Crippen LogP contribution in [0.3, 0.4) is 0 Å². The van der Waals surface area contributed by atoms with Gasteiger partial charge in [-0.2, -0.15) is 0 Å². The first kappa shape index (κ1) is 12.8. The molecule has 1 aromatic heterocycles. The Labute approximate surface area is 106 Å². The summed E-state index contributed by atoms with van der Waals surface area (Å²) in [5.41, 5.74) is 1.67. The van der Waals surface area contributed by atoms with Gasteiger partial charge in [0, 0.05) is 23.6 Å². The van der Waals surface area contributed by atoms with Crippen molar-refractivity contribution in [1.82, 2.24) is 4.98 Å². The molecule has 2 aromatic rings. The number of hydrogen-bond donors (Lipinski definition) is 3. The lowest BCUT2D eigenvalue weighted by Gasteiger charge is -2.16. The maximum Gasteiger partial charge on any atom is 0.132 e. The smallest absolute Gasteiger partial charge is 0.132 e. The Bertz CT molecular complexity index is 528. The molecule has 18 heavy (non-hydrogen) atoms. The number of anilines is 1. The Balaban J connectivity index is 2.35. The number of nitrogens with zero attached hydrogens (tertiary/aromatic N) is 1. The molecule has 0 aliphatic heterocycles. The Morgan fingerprint density at radius 1 is 1.28 bits per heavy atom. The fraction of sp³-hybridized carbons (Fsp3) is 0.357. The molecule has 0 radical (unpaired) electrons. The summed E-state index contributed by atoms with van der Waals surface area (Å²) in [6.45, 7) is 2.07. The number of nitrogens with one attached hydrogen (secondary N) is 1. The normalized spacial score (nSPS) is 12.6. The maximum atomic E-state index is 9.39. The summed E-state index contributed by atoms with van der Waals surface area (Å²) in [6.07, 6.45) is 0.652. The van der Waals surface area contributed by atoms with Crippen LogP contribution in [0.4, 0.5) is 5.82 Å². The van der Waals surface area contributed by atoms with Crippen molar-refractivity contribution in [3.05, 3.63) is 35.9 Å². The third kappa shape index (κ3) is 2.78. The van der Waals surface area contributed by atoms with E-state index in [4.69, 9.17) is 5.11 Å². The van der Waals surface area contributed by atoms with Crippen LogP contribution < -0.4 is 5.32 Å². The van der Waals surface area contributed by atoms with E-state index in [0.717, 1.165) is 16.5 Å². The van der Waals surface area contributed by atoms with Crippen molar-refractivity contribution in [1.29, 1.82) is 0 Å². The van der Waals surface area contributed by atoms with E-state index in [1.165, 1.54) is 0 Å². The van der Waals surface area contributed by atoms with E-state index in [9.17, 15) is 5.11 Å². The van der Waals surface area contributed by atoms with E-state index in [1.54, 1.807) is 0 Å². The number of aromatic nitrogens is 1. The van der Waals surface area contributed by atoms with Crippen molar-refractivity contribution in [2.24, 2.45) is 0 Å². The molecule has 2 rings (SSSR count). The summed E-state index contributed by atoms with van der Waals surface area (Å²) in [6, 6.07) is 9.87. The molecule has 0 fully saturated rings. The average Bonchev–Trinajstić information content (AvgIpc) is 2.38. The van der Waals surface area contributed by atoms with Crippen LogP contribution in [0.25, 0.3) is 10.9 Å². The third-order valence-corrected chi connectivity index (χ3v) is 2.92. The van der Waals surface area contributed by atoms with Gasteiger partial charge < -0.3 is 15.5 Å². The average molecular weight is 246 g/mol. The van der Waals surface area contributed by atoms with Crippen molar-refractivity contribution < 1.29 is 10.2 Å². The van der Waals surface area contributed by atoms with Crippen LogP contribution in [0.15, 0.2) is 30.3 Å². The lowest BCUT2D eigenvalue weighted by atomic mass is 10.1. The largest absolute Gasteiger partial charge is 0.396 e. The number of aliphatic hydroxyl groups is 2. The molecule has 1 aromatic carbocycles. The fourth-order valence-electron chi connectivity index (χ4n) is 1.90. The summed E-state index contributed by atoms with van der Waals surface area (Å²) < 4.78 is 0. The van der Waals surface area contributed by atoms with Crippen LogP contribution in [0.1, 0.15) is 18.9 Å². The fourth-order valence-corrected chi connectivity index (χ4v) is 1.90. The maximum absolute atomic E-state index is 9.39. The number of benzene rings is 1. The number of aliphatic hydroxyl groups excluding tert-OH is 2. The SMILES string of the molecule is C[C@H](CCO)Nc1nc2ccccc2cc1CO. The van der Waals surface area contributed by atoms with E-state index in [1.807, 2.05) is 37.3 Å². The summed E-state index contributed by atoms with van der Waals surface area (Å²) in [4.78, 5) is 4.52. The summed E-state index contributed by atoms with van der Waals surface area (Å²) >= 11 is 0. The first-order valence-corrected chi connectivity index (χ1v) is 6.11. The monoisotopic (exact) mass is 246 g/mol. The van der Waals surface area contributed by atoms with Crippen molar-refractivity contribution >= 4 is 16.7 Å². The minimum Gasteiger partial charge on any atom is -0.396 e. The van der Waals surface area contributed by atoms with Gasteiger partial charge in [-0.05, 0) is 25.5 Å². The van der Waals surface area contributed by atoms with Crippen molar-refractivity contribution in [3.63, 3.8) is 0 Å². The third-order valence-electron chi connectivity index (χ3n) is 2.92. The molecular weight excluding hydrogens is 228 g/mol. The second kappa shape index (κ2) is 5.80. The van der Waals surface area contributed by atoms with Gasteiger partial charge >= 0.3 is 0 Å². The quantitative estimate of drug-likeness (QED) is 0.754. The van der Waals surface area contributed by atoms with E-state index in [2.05, 4.69) is 10.3 Å². The Hall–Kier alpha value is -1.65. The van der Waals surface area contributed by atoms with E-state index < -0.39 is 0 Å². The highest BCUT2D eigenvalue weighted by Crippen LogP contribution is 2.21. The molecule has 0 amide bonds. The van der Waals surface area contributed by atoms with Gasteiger partial charge in [0.25, 0.3) is 0 Å².